The summed E-state index contributed by atoms with van der Waals surface area (Å²) in [5.41, 5.74) is 8.05. The van der Waals surface area contributed by atoms with Crippen molar-refractivity contribution >= 4 is 34.6 Å². The quantitative estimate of drug-likeness (QED) is 0.442. The van der Waals surface area contributed by atoms with E-state index in [1.807, 2.05) is 16.0 Å². The number of halogens is 1. The van der Waals surface area contributed by atoms with E-state index < -0.39 is 0 Å². The lowest BCUT2D eigenvalue weighted by atomic mass is 10.0. The minimum absolute atomic E-state index is 0. The highest BCUT2D eigenvalue weighted by molar-refractivity contribution is 7.15. The lowest BCUT2D eigenvalue weighted by Gasteiger charge is -2.06. The maximum atomic E-state index is 12.4. The van der Waals surface area contributed by atoms with Gasteiger partial charge in [-0.25, -0.2) is 4.98 Å². The minimum atomic E-state index is 0. The van der Waals surface area contributed by atoms with Crippen molar-refractivity contribution in [2.45, 2.75) is 33.6 Å². The molecule has 0 aliphatic rings. The molecule has 1 N–H and O–H groups in total. The summed E-state index contributed by atoms with van der Waals surface area (Å²) in [5.74, 6) is 0.0405. The predicted molar refractivity (Wildman–Crippen MR) is 127 cm³/mol. The summed E-state index contributed by atoms with van der Waals surface area (Å²) in [6, 6.07) is 14.8. The number of carbonyl (C=O) groups is 1. The van der Waals surface area contributed by atoms with E-state index in [0.29, 0.717) is 13.0 Å². The van der Waals surface area contributed by atoms with Gasteiger partial charge in [-0.2, -0.15) is 0 Å². The van der Waals surface area contributed by atoms with Crippen LogP contribution in [-0.4, -0.2) is 21.8 Å². The number of hydrogen-bond acceptors (Lipinski definition) is 3. The number of nitrogens with one attached hydrogen (secondary N) is 1. The number of amides is 1. The molecule has 2 aromatic heterocycles. The highest BCUT2D eigenvalue weighted by Gasteiger charge is 2.13. The number of thiazole rings is 1. The number of fused-ring (bicyclic) bond motifs is 1. The number of carbonyl (C=O) groups excluding carboxylic acids is 1. The molecule has 1 amide bonds. The van der Waals surface area contributed by atoms with Gasteiger partial charge in [0.25, 0.3) is 0 Å². The zero-order valence-corrected chi connectivity index (χ0v) is 19.1. The highest BCUT2D eigenvalue weighted by atomic mass is 35.5. The molecule has 4 rings (SSSR count). The van der Waals surface area contributed by atoms with E-state index >= 15 is 0 Å². The smallest absolute Gasteiger partial charge is 0.225 e. The maximum absolute atomic E-state index is 12.4. The normalized spacial score (nSPS) is 10.8. The van der Waals surface area contributed by atoms with Crippen LogP contribution in [0.1, 0.15) is 27.9 Å². The third-order valence-electron chi connectivity index (χ3n) is 5.25. The summed E-state index contributed by atoms with van der Waals surface area (Å²) in [5, 5.41) is 5.06. The topological polar surface area (TPSA) is 46.4 Å². The second-order valence-electron chi connectivity index (χ2n) is 7.57. The fraction of sp³-hybridized carbons (Fsp3) is 0.250. The summed E-state index contributed by atoms with van der Waals surface area (Å²) >= 11 is 1.57. The maximum Gasteiger partial charge on any atom is 0.225 e. The minimum Gasteiger partial charge on any atom is -0.355 e. The second-order valence-corrected chi connectivity index (χ2v) is 8.41. The number of imidazole rings is 1. The van der Waals surface area contributed by atoms with Gasteiger partial charge >= 0.3 is 0 Å². The summed E-state index contributed by atoms with van der Waals surface area (Å²) in [7, 11) is 0. The Labute approximate surface area is 187 Å². The molecule has 156 valence electrons. The van der Waals surface area contributed by atoms with E-state index in [1.54, 1.807) is 11.3 Å². The first-order valence-electron chi connectivity index (χ1n) is 9.85. The lowest BCUT2D eigenvalue weighted by Crippen LogP contribution is -2.27. The molecule has 0 atom stereocenters. The first-order valence-corrected chi connectivity index (χ1v) is 10.7. The van der Waals surface area contributed by atoms with Crippen LogP contribution in [0.25, 0.3) is 16.2 Å². The molecule has 0 aliphatic carbocycles. The Morgan fingerprint density at radius 1 is 1.10 bits per heavy atom. The largest absolute Gasteiger partial charge is 0.355 e. The molecule has 2 aromatic carbocycles. The van der Waals surface area contributed by atoms with Crippen molar-refractivity contribution in [2.75, 3.05) is 6.54 Å². The van der Waals surface area contributed by atoms with Crippen molar-refractivity contribution in [2.24, 2.45) is 0 Å². The molecule has 0 spiro atoms. The molecule has 4 aromatic rings. The molecule has 0 aliphatic heterocycles. The fourth-order valence-electron chi connectivity index (χ4n) is 3.44. The number of hydrogen-bond donors (Lipinski definition) is 1. The Morgan fingerprint density at radius 3 is 2.70 bits per heavy atom. The number of aryl methyl sites for hydroxylation is 3. The van der Waals surface area contributed by atoms with Crippen molar-refractivity contribution in [3.63, 3.8) is 0 Å². The molecule has 0 fully saturated rings. The average Bonchev–Trinajstić information content (AvgIpc) is 3.26. The standard InChI is InChI=1S/C24H25N3OS.ClH/c1-16-5-4-6-19(11-16)9-10-25-23(28)13-21-15-29-24-26-22(14-27(21)24)20-8-7-17(2)18(3)12-20;/h4-8,11-12,14-15H,9-10,13H2,1-3H3,(H,25,28);1H. The van der Waals surface area contributed by atoms with Crippen molar-refractivity contribution in [3.05, 3.63) is 82.0 Å². The Kier molecular flexibility index (Phi) is 6.95. The van der Waals surface area contributed by atoms with Gasteiger partial charge in [0.05, 0.1) is 12.1 Å². The van der Waals surface area contributed by atoms with Crippen LogP contribution >= 0.6 is 23.7 Å². The van der Waals surface area contributed by atoms with Gasteiger partial charge in [-0.15, -0.1) is 23.7 Å². The average molecular weight is 440 g/mol. The van der Waals surface area contributed by atoms with Crippen LogP contribution in [0.4, 0.5) is 0 Å². The van der Waals surface area contributed by atoms with E-state index in [1.165, 1.54) is 22.3 Å². The molecular weight excluding hydrogens is 414 g/mol. The van der Waals surface area contributed by atoms with Crippen molar-refractivity contribution in [1.82, 2.24) is 14.7 Å². The predicted octanol–water partition coefficient (Wildman–Crippen LogP) is 5.31. The number of aromatic nitrogens is 2. The Balaban J connectivity index is 0.00000256. The Morgan fingerprint density at radius 2 is 1.93 bits per heavy atom. The first-order chi connectivity index (χ1) is 14.0. The van der Waals surface area contributed by atoms with Gasteiger partial charge in [-0.05, 0) is 49.9 Å². The van der Waals surface area contributed by atoms with Crippen LogP contribution in [0.15, 0.2) is 54.0 Å². The van der Waals surface area contributed by atoms with Crippen LogP contribution < -0.4 is 5.32 Å². The van der Waals surface area contributed by atoms with E-state index in [4.69, 9.17) is 4.98 Å². The summed E-state index contributed by atoms with van der Waals surface area (Å²) in [6.45, 7) is 6.96. The fourth-order valence-corrected chi connectivity index (χ4v) is 4.31. The first kappa shape index (κ1) is 22.1. The summed E-state index contributed by atoms with van der Waals surface area (Å²) in [4.78, 5) is 18.1. The summed E-state index contributed by atoms with van der Waals surface area (Å²) in [6.07, 6.45) is 3.23. The van der Waals surface area contributed by atoms with E-state index in [2.05, 4.69) is 68.6 Å². The van der Waals surface area contributed by atoms with Gasteiger partial charge in [0, 0.05) is 29.4 Å². The number of rotatable bonds is 6. The van der Waals surface area contributed by atoms with Crippen molar-refractivity contribution < 1.29 is 4.79 Å². The van der Waals surface area contributed by atoms with Gasteiger partial charge in [-0.3, -0.25) is 9.20 Å². The highest BCUT2D eigenvalue weighted by Crippen LogP contribution is 2.25. The molecule has 2 heterocycles. The van der Waals surface area contributed by atoms with Crippen LogP contribution in [-0.2, 0) is 17.6 Å². The Bertz CT molecular complexity index is 1180. The molecule has 4 nitrogen and oxygen atoms in total. The third kappa shape index (κ3) is 4.91. The number of benzene rings is 2. The van der Waals surface area contributed by atoms with Crippen LogP contribution in [0.2, 0.25) is 0 Å². The molecular formula is C24H26ClN3OS. The molecule has 0 saturated heterocycles. The summed E-state index contributed by atoms with van der Waals surface area (Å²) < 4.78 is 2.04. The Hall–Kier alpha value is -2.63. The zero-order valence-electron chi connectivity index (χ0n) is 17.4. The van der Waals surface area contributed by atoms with Crippen molar-refractivity contribution in [1.29, 1.82) is 0 Å². The molecule has 30 heavy (non-hydrogen) atoms. The molecule has 0 unspecified atom stereocenters. The SMILES string of the molecule is Cc1cccc(CCNC(=O)Cc2csc3nc(-c4ccc(C)c(C)c4)cn23)c1.Cl. The van der Waals surface area contributed by atoms with Gasteiger partial charge < -0.3 is 5.32 Å². The van der Waals surface area contributed by atoms with Crippen molar-refractivity contribution in [3.8, 4) is 11.3 Å². The van der Waals surface area contributed by atoms with Gasteiger partial charge in [0.2, 0.25) is 5.91 Å². The molecule has 0 radical (unpaired) electrons. The third-order valence-corrected chi connectivity index (χ3v) is 6.13. The molecule has 0 saturated carbocycles. The van der Waals surface area contributed by atoms with Crippen LogP contribution in [0.3, 0.4) is 0 Å². The van der Waals surface area contributed by atoms with Crippen LogP contribution in [0, 0.1) is 20.8 Å². The second kappa shape index (κ2) is 9.45. The molecule has 6 heteroatoms. The zero-order chi connectivity index (χ0) is 20.4. The van der Waals surface area contributed by atoms with E-state index in [0.717, 1.165) is 28.3 Å². The van der Waals surface area contributed by atoms with E-state index in [9.17, 15) is 4.79 Å². The van der Waals surface area contributed by atoms with E-state index in [-0.39, 0.29) is 18.3 Å². The van der Waals surface area contributed by atoms with Gasteiger partial charge in [0.15, 0.2) is 4.96 Å². The van der Waals surface area contributed by atoms with Gasteiger partial charge in [0.1, 0.15) is 0 Å². The van der Waals surface area contributed by atoms with Gasteiger partial charge in [-0.1, -0.05) is 42.0 Å². The molecule has 0 bridgehead atoms. The monoisotopic (exact) mass is 439 g/mol. The lowest BCUT2D eigenvalue weighted by molar-refractivity contribution is -0.120. The van der Waals surface area contributed by atoms with Crippen LogP contribution in [0.5, 0.6) is 0 Å². The number of nitrogens with zero attached hydrogens (tertiary/aromatic N) is 2.